The Morgan fingerprint density at radius 1 is 0.941 bits per heavy atom. The van der Waals surface area contributed by atoms with Crippen molar-refractivity contribution in [2.75, 3.05) is 0 Å². The maximum atomic E-state index is 2.40. The quantitative estimate of drug-likeness (QED) is 0.667. The van der Waals surface area contributed by atoms with Crippen molar-refractivity contribution in [3.8, 4) is 10.4 Å². The maximum Gasteiger partial charge on any atom is 0.0348 e. The molecule has 0 bridgehead atoms. The smallest absolute Gasteiger partial charge is 0.0348 e. The first kappa shape index (κ1) is 12.4. The molecule has 1 aromatic heterocycles. The number of aryl methyl sites for hydroxylation is 2. The molecule has 90 valence electrons. The number of hydrogen-bond acceptors (Lipinski definition) is 1. The summed E-state index contributed by atoms with van der Waals surface area (Å²) in [6.07, 6.45) is 4.93. The van der Waals surface area contributed by atoms with Gasteiger partial charge in [0, 0.05) is 9.75 Å². The molecule has 2 aromatic rings. The standard InChI is InChI=1S/C16H20S/c1-3-8-14-12-16(17-15(14)9-4-2)13-10-6-5-7-11-13/h5-7,10-12H,3-4,8-9H2,1-2H3. The fourth-order valence-electron chi connectivity index (χ4n) is 2.13. The van der Waals surface area contributed by atoms with Gasteiger partial charge in [-0.15, -0.1) is 11.3 Å². The first-order chi connectivity index (χ1) is 8.35. The summed E-state index contributed by atoms with van der Waals surface area (Å²) in [5.74, 6) is 0. The molecule has 0 amide bonds. The largest absolute Gasteiger partial charge is 0.140 e. The first-order valence-corrected chi connectivity index (χ1v) is 7.33. The summed E-state index contributed by atoms with van der Waals surface area (Å²) in [5.41, 5.74) is 2.93. The number of rotatable bonds is 5. The van der Waals surface area contributed by atoms with Crippen LogP contribution in [0, 0.1) is 0 Å². The minimum absolute atomic E-state index is 1.22. The molecule has 0 radical (unpaired) electrons. The Hall–Kier alpha value is -1.08. The third kappa shape index (κ3) is 2.98. The molecule has 0 nitrogen and oxygen atoms in total. The van der Waals surface area contributed by atoms with Crippen LogP contribution in [-0.4, -0.2) is 0 Å². The SMILES string of the molecule is CCCc1cc(-c2ccccc2)sc1CCC. The molecule has 1 heterocycles. The highest BCUT2D eigenvalue weighted by Crippen LogP contribution is 2.32. The van der Waals surface area contributed by atoms with Crippen LogP contribution >= 0.6 is 11.3 Å². The Morgan fingerprint density at radius 2 is 1.65 bits per heavy atom. The molecule has 0 aliphatic carbocycles. The molecule has 0 atom stereocenters. The minimum Gasteiger partial charge on any atom is -0.140 e. The van der Waals surface area contributed by atoms with Crippen molar-refractivity contribution in [2.24, 2.45) is 0 Å². The summed E-state index contributed by atoms with van der Waals surface area (Å²) < 4.78 is 0. The molecule has 2 rings (SSSR count). The molecule has 17 heavy (non-hydrogen) atoms. The Bertz CT molecular complexity index is 430. The van der Waals surface area contributed by atoms with Gasteiger partial charge < -0.3 is 0 Å². The molecule has 0 saturated heterocycles. The molecular weight excluding hydrogens is 224 g/mol. The highest BCUT2D eigenvalue weighted by atomic mass is 32.1. The highest BCUT2D eigenvalue weighted by Gasteiger charge is 2.08. The number of thiophene rings is 1. The summed E-state index contributed by atoms with van der Waals surface area (Å²) in [7, 11) is 0. The van der Waals surface area contributed by atoms with Gasteiger partial charge in [0.2, 0.25) is 0 Å². The average Bonchev–Trinajstić information content (AvgIpc) is 2.75. The zero-order valence-corrected chi connectivity index (χ0v) is 11.5. The van der Waals surface area contributed by atoms with Crippen LogP contribution in [0.1, 0.15) is 37.1 Å². The monoisotopic (exact) mass is 244 g/mol. The third-order valence-electron chi connectivity index (χ3n) is 2.95. The van der Waals surface area contributed by atoms with Crippen molar-refractivity contribution >= 4 is 11.3 Å². The molecule has 0 aliphatic rings. The van der Waals surface area contributed by atoms with Crippen LogP contribution < -0.4 is 0 Å². The van der Waals surface area contributed by atoms with E-state index in [4.69, 9.17) is 0 Å². The molecule has 0 spiro atoms. The van der Waals surface area contributed by atoms with E-state index < -0.39 is 0 Å². The second-order valence-electron chi connectivity index (χ2n) is 4.43. The van der Waals surface area contributed by atoms with Crippen molar-refractivity contribution in [1.29, 1.82) is 0 Å². The van der Waals surface area contributed by atoms with Gasteiger partial charge in [-0.25, -0.2) is 0 Å². The van der Waals surface area contributed by atoms with Crippen LogP contribution in [-0.2, 0) is 12.8 Å². The van der Waals surface area contributed by atoms with Crippen molar-refractivity contribution in [3.05, 3.63) is 46.8 Å². The number of hydrogen-bond donors (Lipinski definition) is 0. The number of benzene rings is 1. The summed E-state index contributed by atoms with van der Waals surface area (Å²) in [6, 6.07) is 13.1. The van der Waals surface area contributed by atoms with Crippen molar-refractivity contribution in [1.82, 2.24) is 0 Å². The average molecular weight is 244 g/mol. The van der Waals surface area contributed by atoms with Crippen molar-refractivity contribution < 1.29 is 0 Å². The van der Waals surface area contributed by atoms with Crippen LogP contribution in [0.25, 0.3) is 10.4 Å². The normalized spacial score (nSPS) is 10.7. The second-order valence-corrected chi connectivity index (χ2v) is 5.56. The summed E-state index contributed by atoms with van der Waals surface area (Å²) in [5, 5.41) is 0. The Morgan fingerprint density at radius 3 is 2.29 bits per heavy atom. The van der Waals surface area contributed by atoms with E-state index in [9.17, 15) is 0 Å². The Balaban J connectivity index is 2.33. The molecule has 0 unspecified atom stereocenters. The molecular formula is C16H20S. The fourth-order valence-corrected chi connectivity index (χ4v) is 3.45. The van der Waals surface area contributed by atoms with Gasteiger partial charge in [0.15, 0.2) is 0 Å². The van der Waals surface area contributed by atoms with Gasteiger partial charge in [-0.2, -0.15) is 0 Å². The molecule has 1 aromatic carbocycles. The lowest BCUT2D eigenvalue weighted by molar-refractivity contribution is 0.878. The predicted molar refractivity (Wildman–Crippen MR) is 77.7 cm³/mol. The zero-order chi connectivity index (χ0) is 12.1. The van der Waals surface area contributed by atoms with Crippen molar-refractivity contribution in [2.45, 2.75) is 39.5 Å². The van der Waals surface area contributed by atoms with Crippen LogP contribution in [0.3, 0.4) is 0 Å². The minimum atomic E-state index is 1.22. The summed E-state index contributed by atoms with van der Waals surface area (Å²) >= 11 is 1.98. The van der Waals surface area contributed by atoms with E-state index in [0.717, 1.165) is 0 Å². The van der Waals surface area contributed by atoms with Crippen LogP contribution in [0.15, 0.2) is 36.4 Å². The van der Waals surface area contributed by atoms with Crippen LogP contribution in [0.4, 0.5) is 0 Å². The molecule has 0 saturated carbocycles. The van der Waals surface area contributed by atoms with Crippen molar-refractivity contribution in [3.63, 3.8) is 0 Å². The Kier molecular flexibility index (Phi) is 4.38. The van der Waals surface area contributed by atoms with E-state index in [1.165, 1.54) is 36.1 Å². The van der Waals surface area contributed by atoms with Crippen LogP contribution in [0.2, 0.25) is 0 Å². The lowest BCUT2D eigenvalue weighted by Gasteiger charge is -1.98. The van der Waals surface area contributed by atoms with Crippen LogP contribution in [0.5, 0.6) is 0 Å². The van der Waals surface area contributed by atoms with E-state index in [-0.39, 0.29) is 0 Å². The lowest BCUT2D eigenvalue weighted by Crippen LogP contribution is -1.86. The first-order valence-electron chi connectivity index (χ1n) is 6.52. The molecule has 0 fully saturated rings. The van der Waals surface area contributed by atoms with Gasteiger partial charge in [0.25, 0.3) is 0 Å². The maximum absolute atomic E-state index is 2.40. The van der Waals surface area contributed by atoms with E-state index in [1.54, 1.807) is 10.4 Å². The third-order valence-corrected chi connectivity index (χ3v) is 4.24. The molecule has 0 aliphatic heterocycles. The summed E-state index contributed by atoms with van der Waals surface area (Å²) in [6.45, 7) is 4.52. The molecule has 0 N–H and O–H groups in total. The second kappa shape index (κ2) is 6.02. The van der Waals surface area contributed by atoms with Gasteiger partial charge in [-0.05, 0) is 30.0 Å². The zero-order valence-electron chi connectivity index (χ0n) is 10.7. The van der Waals surface area contributed by atoms with Gasteiger partial charge in [-0.3, -0.25) is 0 Å². The van der Waals surface area contributed by atoms with Gasteiger partial charge in [-0.1, -0.05) is 57.0 Å². The Labute approximate surface area is 108 Å². The lowest BCUT2D eigenvalue weighted by atomic mass is 10.1. The fraction of sp³-hybridized carbons (Fsp3) is 0.375. The summed E-state index contributed by atoms with van der Waals surface area (Å²) in [4.78, 5) is 3.02. The topological polar surface area (TPSA) is 0 Å². The highest BCUT2D eigenvalue weighted by molar-refractivity contribution is 7.15. The van der Waals surface area contributed by atoms with Gasteiger partial charge in [0.05, 0.1) is 0 Å². The van der Waals surface area contributed by atoms with Gasteiger partial charge in [0.1, 0.15) is 0 Å². The van der Waals surface area contributed by atoms with E-state index in [2.05, 4.69) is 50.2 Å². The predicted octanol–water partition coefficient (Wildman–Crippen LogP) is 5.32. The van der Waals surface area contributed by atoms with Gasteiger partial charge >= 0.3 is 0 Å². The van der Waals surface area contributed by atoms with E-state index >= 15 is 0 Å². The van der Waals surface area contributed by atoms with E-state index in [0.29, 0.717) is 0 Å². The molecule has 1 heteroatoms. The van der Waals surface area contributed by atoms with E-state index in [1.807, 2.05) is 11.3 Å².